The Labute approximate surface area is 156 Å². The molecular formula is C20H25N4O3+. The first-order valence-corrected chi connectivity index (χ1v) is 9.50. The number of nitrogens with zero attached hydrogens (tertiary/aromatic N) is 1. The molecule has 0 radical (unpaired) electrons. The highest BCUT2D eigenvalue weighted by Gasteiger charge is 2.37. The van der Waals surface area contributed by atoms with Gasteiger partial charge in [0.05, 0.1) is 19.3 Å². The van der Waals surface area contributed by atoms with Crippen LogP contribution in [0.3, 0.4) is 0 Å². The van der Waals surface area contributed by atoms with Crippen LogP contribution in [0, 0.1) is 0 Å². The van der Waals surface area contributed by atoms with Crippen molar-refractivity contribution in [3.05, 3.63) is 61.9 Å². The second kappa shape index (κ2) is 6.74. The number of aromatic hydroxyl groups is 1. The number of unbranched alkanes of at least 4 members (excludes halogenated alkanes) is 1. The molecule has 1 aliphatic heterocycles. The molecule has 3 aromatic rings. The van der Waals surface area contributed by atoms with Gasteiger partial charge in [-0.1, -0.05) is 31.5 Å². The van der Waals surface area contributed by atoms with Crippen molar-refractivity contribution in [2.45, 2.75) is 38.8 Å². The molecule has 0 saturated carbocycles. The Morgan fingerprint density at radius 3 is 2.81 bits per heavy atom. The van der Waals surface area contributed by atoms with E-state index in [2.05, 4.69) is 16.0 Å². The van der Waals surface area contributed by atoms with Gasteiger partial charge < -0.3 is 15.0 Å². The van der Waals surface area contributed by atoms with Crippen LogP contribution in [0.2, 0.25) is 0 Å². The van der Waals surface area contributed by atoms with Crippen LogP contribution < -0.4 is 16.1 Å². The number of nitrogens with one attached hydrogen (secondary N) is 3. The summed E-state index contributed by atoms with van der Waals surface area (Å²) >= 11 is 0. The Bertz CT molecular complexity index is 1110. The summed E-state index contributed by atoms with van der Waals surface area (Å²) in [5.41, 5.74) is 2.35. The van der Waals surface area contributed by atoms with Crippen LogP contribution in [0.4, 0.5) is 0 Å². The second-order valence-electron chi connectivity index (χ2n) is 7.34. The van der Waals surface area contributed by atoms with Gasteiger partial charge >= 0.3 is 5.69 Å². The van der Waals surface area contributed by atoms with Crippen LogP contribution in [0.1, 0.15) is 42.6 Å². The molecule has 3 heterocycles. The lowest BCUT2D eigenvalue weighted by Gasteiger charge is -2.30. The number of H-pyrrole nitrogens is 2. The highest BCUT2D eigenvalue weighted by atomic mass is 16.3. The summed E-state index contributed by atoms with van der Waals surface area (Å²) < 4.78 is 1.28. The van der Waals surface area contributed by atoms with E-state index in [0.29, 0.717) is 6.54 Å². The maximum atomic E-state index is 12.7. The standard InChI is InChI=1S/C20H24N4O3/c1-3-4-10-24-19(26)15(18(25)22-20(24)27)17-16-13(9-11-23(17)2)12-7-5-6-8-14(12)21-16/h5-8,17,21,26H,3-4,9-11H2,1-2H3,(H,22,25,27)/p+1/t17-/m0/s1. The molecule has 27 heavy (non-hydrogen) atoms. The molecule has 0 spiro atoms. The van der Waals surface area contributed by atoms with E-state index in [4.69, 9.17) is 0 Å². The third-order valence-electron chi connectivity index (χ3n) is 5.63. The quantitative estimate of drug-likeness (QED) is 0.545. The molecule has 142 valence electrons. The van der Waals surface area contributed by atoms with Crippen molar-refractivity contribution in [1.29, 1.82) is 0 Å². The number of hydrogen-bond donors (Lipinski definition) is 4. The van der Waals surface area contributed by atoms with Crippen molar-refractivity contribution in [3.8, 4) is 5.88 Å². The molecule has 2 atom stereocenters. The minimum Gasteiger partial charge on any atom is -0.494 e. The van der Waals surface area contributed by atoms with Gasteiger partial charge in [-0.15, -0.1) is 0 Å². The molecule has 0 fully saturated rings. The molecule has 1 aromatic carbocycles. The van der Waals surface area contributed by atoms with Crippen molar-refractivity contribution in [2.24, 2.45) is 0 Å². The first-order chi connectivity index (χ1) is 13.0. The first-order valence-electron chi connectivity index (χ1n) is 9.50. The lowest BCUT2D eigenvalue weighted by Crippen LogP contribution is -3.10. The zero-order chi connectivity index (χ0) is 19.1. The lowest BCUT2D eigenvalue weighted by atomic mass is 9.94. The van der Waals surface area contributed by atoms with Crippen molar-refractivity contribution < 1.29 is 10.0 Å². The minimum absolute atomic E-state index is 0.215. The van der Waals surface area contributed by atoms with E-state index in [0.717, 1.165) is 47.3 Å². The molecule has 0 saturated heterocycles. The normalized spacial score (nSPS) is 19.3. The van der Waals surface area contributed by atoms with Gasteiger partial charge in [0.2, 0.25) is 5.88 Å². The number of hydrogen-bond acceptors (Lipinski definition) is 3. The van der Waals surface area contributed by atoms with Gasteiger partial charge in [0.25, 0.3) is 5.56 Å². The fraction of sp³-hybridized carbons (Fsp3) is 0.400. The van der Waals surface area contributed by atoms with E-state index in [9.17, 15) is 14.7 Å². The highest BCUT2D eigenvalue weighted by Crippen LogP contribution is 2.32. The number of aromatic amines is 2. The number of fused-ring (bicyclic) bond motifs is 3. The zero-order valence-electron chi connectivity index (χ0n) is 15.6. The van der Waals surface area contributed by atoms with Crippen LogP contribution in [0.25, 0.3) is 10.9 Å². The summed E-state index contributed by atoms with van der Waals surface area (Å²) in [5, 5.41) is 12.0. The minimum atomic E-state index is -0.556. The average molecular weight is 369 g/mol. The monoisotopic (exact) mass is 369 g/mol. The second-order valence-corrected chi connectivity index (χ2v) is 7.34. The van der Waals surface area contributed by atoms with Crippen molar-refractivity contribution in [2.75, 3.05) is 13.6 Å². The largest absolute Gasteiger partial charge is 0.494 e. The van der Waals surface area contributed by atoms with Gasteiger partial charge in [-0.2, -0.15) is 0 Å². The van der Waals surface area contributed by atoms with Crippen molar-refractivity contribution >= 4 is 10.9 Å². The summed E-state index contributed by atoms with van der Waals surface area (Å²) in [4.78, 5) is 31.9. The molecular weight excluding hydrogens is 344 g/mol. The molecule has 7 nitrogen and oxygen atoms in total. The number of rotatable bonds is 4. The van der Waals surface area contributed by atoms with Crippen LogP contribution in [-0.4, -0.2) is 33.2 Å². The molecule has 0 aliphatic carbocycles. The van der Waals surface area contributed by atoms with Crippen LogP contribution >= 0.6 is 0 Å². The van der Waals surface area contributed by atoms with E-state index < -0.39 is 11.2 Å². The molecule has 7 heteroatoms. The molecule has 1 aliphatic rings. The zero-order valence-corrected chi connectivity index (χ0v) is 15.6. The highest BCUT2D eigenvalue weighted by molar-refractivity contribution is 5.85. The fourth-order valence-electron chi connectivity index (χ4n) is 4.20. The summed E-state index contributed by atoms with van der Waals surface area (Å²) in [6.07, 6.45) is 2.54. The average Bonchev–Trinajstić information content (AvgIpc) is 3.02. The molecule has 0 amide bonds. The van der Waals surface area contributed by atoms with E-state index >= 15 is 0 Å². The number of aromatic nitrogens is 3. The third kappa shape index (κ3) is 2.78. The molecule has 0 bridgehead atoms. The maximum Gasteiger partial charge on any atom is 0.331 e. The molecule has 2 aromatic heterocycles. The van der Waals surface area contributed by atoms with Crippen LogP contribution in [0.5, 0.6) is 5.88 Å². The third-order valence-corrected chi connectivity index (χ3v) is 5.63. The first kappa shape index (κ1) is 17.6. The fourth-order valence-corrected chi connectivity index (χ4v) is 4.20. The smallest absolute Gasteiger partial charge is 0.331 e. The van der Waals surface area contributed by atoms with Gasteiger partial charge in [-0.3, -0.25) is 14.3 Å². The SMILES string of the molecule is CCCCn1c(O)c([C@H]2c3[nH]c4ccccc4c3CC[NH+]2C)c(=O)[nH]c1=O. The van der Waals surface area contributed by atoms with E-state index in [1.807, 2.05) is 32.2 Å². The summed E-state index contributed by atoms with van der Waals surface area (Å²) in [6.45, 7) is 3.24. The van der Waals surface area contributed by atoms with Gasteiger partial charge in [-0.25, -0.2) is 4.79 Å². The maximum absolute atomic E-state index is 12.7. The van der Waals surface area contributed by atoms with E-state index in [-0.39, 0.29) is 17.5 Å². The number of para-hydroxylation sites is 1. The van der Waals surface area contributed by atoms with Gasteiger partial charge in [0.1, 0.15) is 5.56 Å². The van der Waals surface area contributed by atoms with Crippen LogP contribution in [-0.2, 0) is 13.0 Å². The Hall–Kier alpha value is -2.80. The molecule has 4 rings (SSSR count). The summed E-state index contributed by atoms with van der Waals surface area (Å²) in [6, 6.07) is 7.73. The van der Waals surface area contributed by atoms with Gasteiger partial charge in [0.15, 0.2) is 6.04 Å². The summed E-state index contributed by atoms with van der Waals surface area (Å²) in [5.74, 6) is -0.215. The molecule has 1 unspecified atom stereocenters. The lowest BCUT2D eigenvalue weighted by molar-refractivity contribution is -0.908. The predicted molar refractivity (Wildman–Crippen MR) is 103 cm³/mol. The summed E-state index contributed by atoms with van der Waals surface area (Å²) in [7, 11) is 2.01. The topological polar surface area (TPSA) is 95.3 Å². The van der Waals surface area contributed by atoms with E-state index in [1.165, 1.54) is 10.1 Å². The number of likely N-dealkylation sites (N-methyl/N-ethyl adjacent to an activating group) is 1. The Balaban J connectivity index is 1.94. The van der Waals surface area contributed by atoms with Gasteiger partial charge in [-0.05, 0) is 18.1 Å². The predicted octanol–water partition coefficient (Wildman–Crippen LogP) is 0.684. The Kier molecular flexibility index (Phi) is 4.39. The van der Waals surface area contributed by atoms with Gasteiger partial charge in [0, 0.05) is 23.9 Å². The van der Waals surface area contributed by atoms with Crippen LogP contribution in [0.15, 0.2) is 33.9 Å². The van der Waals surface area contributed by atoms with Crippen molar-refractivity contribution in [3.63, 3.8) is 0 Å². The molecule has 4 N–H and O–H groups in total. The Morgan fingerprint density at radius 2 is 2.04 bits per heavy atom. The number of benzene rings is 1. The Morgan fingerprint density at radius 1 is 1.26 bits per heavy atom. The van der Waals surface area contributed by atoms with E-state index in [1.54, 1.807) is 0 Å². The number of quaternary nitrogens is 1. The van der Waals surface area contributed by atoms with Crippen molar-refractivity contribution in [1.82, 2.24) is 14.5 Å².